The lowest BCUT2D eigenvalue weighted by atomic mass is 10.0. The Morgan fingerprint density at radius 3 is 2.81 bits per heavy atom. The minimum absolute atomic E-state index is 0.524. The monoisotopic (exact) mass is 442 g/mol. The largest absolute Gasteiger partial charge is 0.493 e. The van der Waals surface area contributed by atoms with E-state index in [4.69, 9.17) is 14.2 Å². The number of nitrogens with zero attached hydrogens (tertiary/aromatic N) is 3. The molecule has 2 aromatic rings. The lowest BCUT2D eigenvalue weighted by molar-refractivity contribution is 0.0321. The Balaban J connectivity index is 1.23. The van der Waals surface area contributed by atoms with Crippen molar-refractivity contribution in [2.24, 2.45) is 0 Å². The summed E-state index contributed by atoms with van der Waals surface area (Å²) in [6.07, 6.45) is 2.50. The molecule has 174 valence electrons. The molecule has 2 saturated heterocycles. The van der Waals surface area contributed by atoms with Crippen LogP contribution in [-0.2, 0) is 11.3 Å². The van der Waals surface area contributed by atoms with Gasteiger partial charge in [0.05, 0.1) is 25.9 Å². The predicted octanol–water partition coefficient (Wildman–Crippen LogP) is 1.53. The van der Waals surface area contributed by atoms with Gasteiger partial charge in [0.1, 0.15) is 12.4 Å². The van der Waals surface area contributed by atoms with Gasteiger partial charge in [-0.25, -0.2) is 4.98 Å². The summed E-state index contributed by atoms with van der Waals surface area (Å²) in [6.45, 7) is 7.55. The molecule has 3 heterocycles. The van der Waals surface area contributed by atoms with Crippen molar-refractivity contribution in [2.45, 2.75) is 18.6 Å². The van der Waals surface area contributed by atoms with Crippen molar-refractivity contribution in [3.05, 3.63) is 48.2 Å². The van der Waals surface area contributed by atoms with Crippen molar-refractivity contribution in [1.29, 1.82) is 0 Å². The van der Waals surface area contributed by atoms with E-state index in [0.717, 1.165) is 68.7 Å². The van der Waals surface area contributed by atoms with Crippen LogP contribution in [0.3, 0.4) is 0 Å². The summed E-state index contributed by atoms with van der Waals surface area (Å²) in [5.41, 5.74) is 0.329. The van der Waals surface area contributed by atoms with Gasteiger partial charge in [0.25, 0.3) is 0 Å². The van der Waals surface area contributed by atoms with Crippen molar-refractivity contribution < 1.29 is 19.3 Å². The summed E-state index contributed by atoms with van der Waals surface area (Å²) in [6, 6.07) is 11.9. The molecule has 1 aromatic heterocycles. The van der Waals surface area contributed by atoms with Gasteiger partial charge < -0.3 is 29.5 Å². The van der Waals surface area contributed by atoms with Crippen LogP contribution in [0.1, 0.15) is 12.0 Å². The summed E-state index contributed by atoms with van der Waals surface area (Å²) in [7, 11) is 1.66. The van der Waals surface area contributed by atoms with Crippen LogP contribution in [0.4, 0.5) is 5.82 Å². The zero-order chi connectivity index (χ0) is 22.2. The maximum Gasteiger partial charge on any atom is 0.161 e. The summed E-state index contributed by atoms with van der Waals surface area (Å²) in [5, 5.41) is 14.4. The van der Waals surface area contributed by atoms with Gasteiger partial charge in [0, 0.05) is 52.0 Å². The van der Waals surface area contributed by atoms with Gasteiger partial charge in [-0.2, -0.15) is 0 Å². The number of benzene rings is 1. The Labute approximate surface area is 190 Å². The number of nitrogens with one attached hydrogen (secondary N) is 1. The molecule has 2 aliphatic heterocycles. The maximum absolute atomic E-state index is 11.0. The molecule has 0 aliphatic carbocycles. The van der Waals surface area contributed by atoms with Crippen LogP contribution >= 0.6 is 0 Å². The molecule has 2 fully saturated rings. The molecule has 2 N–H and O–H groups in total. The lowest BCUT2D eigenvalue weighted by Gasteiger charge is -2.26. The number of β-amino-alcohol motifs (C(OH)–C–C–N with tert-alkyl or cyclic N) is 1. The van der Waals surface area contributed by atoms with E-state index in [1.807, 2.05) is 36.4 Å². The minimum atomic E-state index is -0.760. The van der Waals surface area contributed by atoms with E-state index in [2.05, 4.69) is 20.1 Å². The highest BCUT2D eigenvalue weighted by Gasteiger charge is 2.36. The summed E-state index contributed by atoms with van der Waals surface area (Å²) >= 11 is 0. The van der Waals surface area contributed by atoms with Gasteiger partial charge in [0.15, 0.2) is 11.5 Å². The number of hydrogen-bond acceptors (Lipinski definition) is 8. The Morgan fingerprint density at radius 2 is 2.03 bits per heavy atom. The van der Waals surface area contributed by atoms with Crippen LogP contribution in [0.25, 0.3) is 0 Å². The van der Waals surface area contributed by atoms with E-state index in [0.29, 0.717) is 26.2 Å². The second-order valence-electron chi connectivity index (χ2n) is 8.48. The second kappa shape index (κ2) is 11.0. The number of aromatic nitrogens is 1. The van der Waals surface area contributed by atoms with Crippen LogP contribution in [0.15, 0.2) is 42.6 Å². The van der Waals surface area contributed by atoms with Gasteiger partial charge in [-0.1, -0.05) is 12.1 Å². The van der Waals surface area contributed by atoms with Crippen molar-refractivity contribution in [3.63, 3.8) is 0 Å². The first kappa shape index (κ1) is 22.8. The van der Waals surface area contributed by atoms with Gasteiger partial charge in [0.2, 0.25) is 0 Å². The third-order valence-corrected chi connectivity index (χ3v) is 6.09. The standard InChI is InChI=1S/C24H34N4O4/c1-30-22-16-20(5-6-21(22)32-15-12-27-10-13-31-14-11-27)17-25-18-24(29)7-9-28(19-24)23-4-2-3-8-26-23/h2-6,8,16,25,29H,7,9-15,17-19H2,1H3/t24-/m1/s1. The number of hydrogen-bond donors (Lipinski definition) is 2. The predicted molar refractivity (Wildman–Crippen MR) is 123 cm³/mol. The molecule has 0 spiro atoms. The van der Waals surface area contributed by atoms with Gasteiger partial charge in [-0.15, -0.1) is 0 Å². The zero-order valence-electron chi connectivity index (χ0n) is 18.8. The quantitative estimate of drug-likeness (QED) is 0.574. The zero-order valence-corrected chi connectivity index (χ0v) is 18.8. The smallest absolute Gasteiger partial charge is 0.161 e. The molecule has 0 amide bonds. The number of ether oxygens (including phenoxy) is 3. The molecular weight excluding hydrogens is 408 g/mol. The average Bonchev–Trinajstić information content (AvgIpc) is 3.23. The van der Waals surface area contributed by atoms with Crippen LogP contribution in [0, 0.1) is 0 Å². The van der Waals surface area contributed by atoms with Crippen LogP contribution in [0.5, 0.6) is 11.5 Å². The van der Waals surface area contributed by atoms with Crippen LogP contribution < -0.4 is 19.7 Å². The van der Waals surface area contributed by atoms with Gasteiger partial charge >= 0.3 is 0 Å². The van der Waals surface area contributed by atoms with E-state index < -0.39 is 5.60 Å². The molecule has 2 aliphatic rings. The molecule has 1 aromatic carbocycles. The molecule has 8 nitrogen and oxygen atoms in total. The molecule has 8 heteroatoms. The van der Waals surface area contributed by atoms with E-state index in [1.54, 1.807) is 13.3 Å². The van der Waals surface area contributed by atoms with Crippen molar-refractivity contribution in [2.75, 3.05) is 71.1 Å². The van der Waals surface area contributed by atoms with E-state index in [9.17, 15) is 5.11 Å². The number of pyridine rings is 1. The van der Waals surface area contributed by atoms with E-state index >= 15 is 0 Å². The first-order chi connectivity index (χ1) is 15.6. The molecular formula is C24H34N4O4. The van der Waals surface area contributed by atoms with Crippen LogP contribution in [-0.4, -0.2) is 86.8 Å². The molecule has 0 saturated carbocycles. The fourth-order valence-corrected chi connectivity index (χ4v) is 4.23. The Bertz CT molecular complexity index is 847. The van der Waals surface area contributed by atoms with Gasteiger partial charge in [-0.3, -0.25) is 4.90 Å². The number of anilines is 1. The first-order valence-electron chi connectivity index (χ1n) is 11.3. The van der Waals surface area contributed by atoms with Gasteiger partial charge in [-0.05, 0) is 36.2 Å². The molecule has 0 radical (unpaired) electrons. The minimum Gasteiger partial charge on any atom is -0.493 e. The Morgan fingerprint density at radius 1 is 1.16 bits per heavy atom. The Hall–Kier alpha value is -2.39. The molecule has 1 atom stereocenters. The maximum atomic E-state index is 11.0. The fourth-order valence-electron chi connectivity index (χ4n) is 4.23. The Kier molecular flexibility index (Phi) is 7.81. The highest BCUT2D eigenvalue weighted by atomic mass is 16.5. The van der Waals surface area contributed by atoms with Crippen molar-refractivity contribution >= 4 is 5.82 Å². The second-order valence-corrected chi connectivity index (χ2v) is 8.48. The number of aliphatic hydroxyl groups is 1. The van der Waals surface area contributed by atoms with Crippen LogP contribution in [0.2, 0.25) is 0 Å². The third-order valence-electron chi connectivity index (χ3n) is 6.09. The van der Waals surface area contributed by atoms with Crippen molar-refractivity contribution in [1.82, 2.24) is 15.2 Å². The van der Waals surface area contributed by atoms with Crippen molar-refractivity contribution in [3.8, 4) is 11.5 Å². The fraction of sp³-hybridized carbons (Fsp3) is 0.542. The number of methoxy groups -OCH3 is 1. The lowest BCUT2D eigenvalue weighted by Crippen LogP contribution is -2.43. The average molecular weight is 443 g/mol. The summed E-state index contributed by atoms with van der Waals surface area (Å²) < 4.78 is 16.9. The topological polar surface area (TPSA) is 79.3 Å². The summed E-state index contributed by atoms with van der Waals surface area (Å²) in [4.78, 5) is 8.87. The molecule has 0 unspecified atom stereocenters. The third kappa shape index (κ3) is 6.10. The SMILES string of the molecule is COc1cc(CNC[C@]2(O)CCN(c3ccccn3)C2)ccc1OCCN1CCOCC1. The highest BCUT2D eigenvalue weighted by molar-refractivity contribution is 5.43. The van der Waals surface area contributed by atoms with E-state index in [1.165, 1.54) is 0 Å². The summed E-state index contributed by atoms with van der Waals surface area (Å²) in [5.74, 6) is 2.40. The number of morpholine rings is 1. The molecule has 0 bridgehead atoms. The highest BCUT2D eigenvalue weighted by Crippen LogP contribution is 2.28. The first-order valence-corrected chi connectivity index (χ1v) is 11.3. The van der Waals surface area contributed by atoms with E-state index in [-0.39, 0.29) is 0 Å². The molecule has 4 rings (SSSR count). The number of rotatable bonds is 10. The molecule has 32 heavy (non-hydrogen) atoms. The normalized spacial score (nSPS) is 21.6.